The predicted molar refractivity (Wildman–Crippen MR) is 103 cm³/mol. The van der Waals surface area contributed by atoms with Crippen molar-refractivity contribution in [2.24, 2.45) is 0 Å². The van der Waals surface area contributed by atoms with Gasteiger partial charge >= 0.3 is 0 Å². The number of ether oxygens (including phenoxy) is 1. The molecule has 4 rings (SSSR count). The SMILES string of the molecule is CC(=O)N1CC[NH+](C[C@H](O)COc2ccc3oc4ccccc4c3c2)CC1. The number of nitrogens with zero attached hydrogens (tertiary/aromatic N) is 1. The van der Waals surface area contributed by atoms with Crippen LogP contribution in [0, 0.1) is 0 Å². The maximum atomic E-state index is 11.4. The van der Waals surface area contributed by atoms with Crippen LogP contribution in [0.2, 0.25) is 0 Å². The Morgan fingerprint density at radius 3 is 2.70 bits per heavy atom. The van der Waals surface area contributed by atoms with Crippen molar-refractivity contribution in [3.63, 3.8) is 0 Å². The molecule has 2 aromatic carbocycles. The fourth-order valence-corrected chi connectivity index (χ4v) is 3.72. The molecular weight excluding hydrogens is 344 g/mol. The van der Waals surface area contributed by atoms with Crippen LogP contribution in [-0.4, -0.2) is 61.3 Å². The number of aliphatic hydroxyl groups excluding tert-OH is 1. The van der Waals surface area contributed by atoms with Crippen LogP contribution in [0.4, 0.5) is 0 Å². The van der Waals surface area contributed by atoms with Gasteiger partial charge in [0.25, 0.3) is 0 Å². The van der Waals surface area contributed by atoms with Gasteiger partial charge in [0.05, 0.1) is 26.2 Å². The first kappa shape index (κ1) is 17.8. The lowest BCUT2D eigenvalue weighted by atomic mass is 10.1. The zero-order chi connectivity index (χ0) is 18.8. The Kier molecular flexibility index (Phi) is 5.01. The number of quaternary nitrogens is 1. The van der Waals surface area contributed by atoms with Crippen molar-refractivity contribution in [2.75, 3.05) is 39.3 Å². The lowest BCUT2D eigenvalue weighted by molar-refractivity contribution is -0.907. The van der Waals surface area contributed by atoms with E-state index in [1.165, 1.54) is 4.90 Å². The number of piperazine rings is 1. The Labute approximate surface area is 157 Å². The van der Waals surface area contributed by atoms with E-state index in [2.05, 4.69) is 0 Å². The number of furan rings is 1. The number of carbonyl (C=O) groups is 1. The number of amides is 1. The predicted octanol–water partition coefficient (Wildman–Crippen LogP) is 1.07. The van der Waals surface area contributed by atoms with Gasteiger partial charge in [0.1, 0.15) is 36.2 Å². The van der Waals surface area contributed by atoms with Crippen LogP contribution in [0.25, 0.3) is 21.9 Å². The first-order valence-electron chi connectivity index (χ1n) is 9.41. The zero-order valence-electron chi connectivity index (χ0n) is 15.5. The Morgan fingerprint density at radius 1 is 1.19 bits per heavy atom. The van der Waals surface area contributed by atoms with Crippen molar-refractivity contribution in [1.29, 1.82) is 0 Å². The molecule has 0 bridgehead atoms. The molecule has 6 nitrogen and oxygen atoms in total. The maximum absolute atomic E-state index is 11.4. The van der Waals surface area contributed by atoms with Crippen molar-refractivity contribution in [2.45, 2.75) is 13.0 Å². The van der Waals surface area contributed by atoms with Crippen LogP contribution < -0.4 is 9.64 Å². The number of fused-ring (bicyclic) bond motifs is 3. The van der Waals surface area contributed by atoms with Crippen molar-refractivity contribution < 1.29 is 24.0 Å². The molecule has 0 aliphatic carbocycles. The van der Waals surface area contributed by atoms with E-state index in [-0.39, 0.29) is 12.5 Å². The molecule has 0 unspecified atom stereocenters. The fourth-order valence-electron chi connectivity index (χ4n) is 3.72. The number of hydrogen-bond donors (Lipinski definition) is 2. The summed E-state index contributed by atoms with van der Waals surface area (Å²) in [6, 6.07) is 13.7. The topological polar surface area (TPSA) is 67.4 Å². The minimum absolute atomic E-state index is 0.125. The summed E-state index contributed by atoms with van der Waals surface area (Å²) < 4.78 is 11.6. The number of nitrogens with one attached hydrogen (secondary N) is 1. The molecule has 1 saturated heterocycles. The second-order valence-electron chi connectivity index (χ2n) is 7.18. The fraction of sp³-hybridized carbons (Fsp3) is 0.381. The standard InChI is InChI=1S/C21H24N2O4/c1-15(24)23-10-8-22(9-11-23)13-16(25)14-26-17-6-7-21-19(12-17)18-4-2-3-5-20(18)27-21/h2-7,12,16,25H,8-11,13-14H2,1H3/p+1/t16-/m0/s1. The van der Waals surface area contributed by atoms with Gasteiger partial charge in [0.2, 0.25) is 5.91 Å². The van der Waals surface area contributed by atoms with Crippen LogP contribution in [0.1, 0.15) is 6.92 Å². The van der Waals surface area contributed by atoms with Gasteiger partial charge in [0.15, 0.2) is 0 Å². The van der Waals surface area contributed by atoms with Crippen LogP contribution in [0.15, 0.2) is 46.9 Å². The average Bonchev–Trinajstić information content (AvgIpc) is 3.05. The first-order valence-corrected chi connectivity index (χ1v) is 9.41. The summed E-state index contributed by atoms with van der Waals surface area (Å²) in [6.07, 6.45) is -0.541. The molecule has 1 atom stereocenters. The molecule has 0 saturated carbocycles. The molecular formula is C21H25N2O4+. The average molecular weight is 369 g/mol. The number of carbonyl (C=O) groups excluding carboxylic acids is 1. The number of benzene rings is 2. The van der Waals surface area contributed by atoms with Crippen molar-refractivity contribution in [3.05, 3.63) is 42.5 Å². The van der Waals surface area contributed by atoms with Gasteiger partial charge in [-0.15, -0.1) is 0 Å². The van der Waals surface area contributed by atoms with Crippen molar-refractivity contribution in [3.8, 4) is 5.75 Å². The van der Waals surface area contributed by atoms with Gasteiger partial charge < -0.3 is 24.1 Å². The van der Waals surface area contributed by atoms with Crippen molar-refractivity contribution >= 4 is 27.8 Å². The van der Waals surface area contributed by atoms with E-state index in [9.17, 15) is 9.90 Å². The van der Waals surface area contributed by atoms with Crippen molar-refractivity contribution in [1.82, 2.24) is 4.90 Å². The molecule has 6 heteroatoms. The smallest absolute Gasteiger partial charge is 0.219 e. The maximum Gasteiger partial charge on any atom is 0.219 e. The molecule has 1 amide bonds. The third-order valence-electron chi connectivity index (χ3n) is 5.23. The van der Waals surface area contributed by atoms with E-state index in [4.69, 9.17) is 9.15 Å². The minimum atomic E-state index is -0.541. The van der Waals surface area contributed by atoms with Gasteiger partial charge in [-0.1, -0.05) is 18.2 Å². The van der Waals surface area contributed by atoms with E-state index >= 15 is 0 Å². The molecule has 0 spiro atoms. The van der Waals surface area contributed by atoms with Gasteiger partial charge in [0, 0.05) is 17.7 Å². The summed E-state index contributed by atoms with van der Waals surface area (Å²) in [5.74, 6) is 0.851. The summed E-state index contributed by atoms with van der Waals surface area (Å²) >= 11 is 0. The highest BCUT2D eigenvalue weighted by atomic mass is 16.5. The molecule has 27 heavy (non-hydrogen) atoms. The summed E-state index contributed by atoms with van der Waals surface area (Å²) in [5, 5.41) is 12.4. The molecule has 2 heterocycles. The number of hydrogen-bond acceptors (Lipinski definition) is 4. The molecule has 1 aliphatic heterocycles. The molecule has 1 aliphatic rings. The van der Waals surface area contributed by atoms with E-state index in [1.54, 1.807) is 6.92 Å². The zero-order valence-corrected chi connectivity index (χ0v) is 15.5. The quantitative estimate of drug-likeness (QED) is 0.706. The van der Waals surface area contributed by atoms with Gasteiger partial charge in [-0.05, 0) is 24.3 Å². The van der Waals surface area contributed by atoms with Gasteiger partial charge in [-0.25, -0.2) is 0 Å². The monoisotopic (exact) mass is 369 g/mol. The molecule has 3 aromatic rings. The highest BCUT2D eigenvalue weighted by Crippen LogP contribution is 2.31. The van der Waals surface area contributed by atoms with E-state index in [0.717, 1.165) is 53.9 Å². The third-order valence-corrected chi connectivity index (χ3v) is 5.23. The second-order valence-corrected chi connectivity index (χ2v) is 7.18. The number of rotatable bonds is 5. The molecule has 2 N–H and O–H groups in total. The summed E-state index contributed by atoms with van der Waals surface area (Å²) in [6.45, 7) is 5.72. The lowest BCUT2D eigenvalue weighted by Gasteiger charge is -2.32. The van der Waals surface area contributed by atoms with Crippen LogP contribution in [0.5, 0.6) is 5.75 Å². The molecule has 142 valence electrons. The summed E-state index contributed by atoms with van der Waals surface area (Å²) in [5.41, 5.74) is 1.69. The second kappa shape index (κ2) is 7.58. The molecule has 0 radical (unpaired) electrons. The Morgan fingerprint density at radius 2 is 1.93 bits per heavy atom. The third kappa shape index (κ3) is 3.91. The Hall–Kier alpha value is -2.57. The summed E-state index contributed by atoms with van der Waals surface area (Å²) in [4.78, 5) is 14.5. The highest BCUT2D eigenvalue weighted by molar-refractivity contribution is 6.05. The normalized spacial score (nSPS) is 16.7. The van der Waals surface area contributed by atoms with Gasteiger partial charge in [-0.3, -0.25) is 4.79 Å². The lowest BCUT2D eigenvalue weighted by Crippen LogP contribution is -3.15. The van der Waals surface area contributed by atoms with Crippen LogP contribution in [-0.2, 0) is 4.79 Å². The first-order chi connectivity index (χ1) is 13.1. The number of para-hydroxylation sites is 1. The number of aliphatic hydroxyl groups is 1. The minimum Gasteiger partial charge on any atom is -0.491 e. The Bertz CT molecular complexity index is 944. The molecule has 1 fully saturated rings. The van der Waals surface area contributed by atoms with E-state index < -0.39 is 6.10 Å². The van der Waals surface area contributed by atoms with E-state index in [0.29, 0.717) is 6.54 Å². The summed E-state index contributed by atoms with van der Waals surface area (Å²) in [7, 11) is 0. The van der Waals surface area contributed by atoms with E-state index in [1.807, 2.05) is 47.4 Å². The Balaban J connectivity index is 1.34. The van der Waals surface area contributed by atoms with Gasteiger partial charge in [-0.2, -0.15) is 0 Å². The molecule has 1 aromatic heterocycles. The van der Waals surface area contributed by atoms with Crippen LogP contribution >= 0.6 is 0 Å². The van der Waals surface area contributed by atoms with Crippen LogP contribution in [0.3, 0.4) is 0 Å². The largest absolute Gasteiger partial charge is 0.491 e. The highest BCUT2D eigenvalue weighted by Gasteiger charge is 2.23.